The third-order valence-corrected chi connectivity index (χ3v) is 3.89. The number of aliphatic hydroxyl groups is 1. The van der Waals surface area contributed by atoms with Crippen LogP contribution in [0.2, 0.25) is 0 Å². The van der Waals surface area contributed by atoms with Gasteiger partial charge in [-0.1, -0.05) is 20.8 Å². The van der Waals surface area contributed by atoms with Gasteiger partial charge in [-0.05, 0) is 42.4 Å². The zero-order valence-corrected chi connectivity index (χ0v) is 8.38. The number of fused-ring (bicyclic) bond motifs is 2. The standard InChI is InChI=1S/C11H20O/c1-11(2,3)9-5-7-4-8(9)10(12)6-7/h7-10,12H,4-6H2,1-3H3/t7-,8+,9-,10-/m1/s1. The summed E-state index contributed by atoms with van der Waals surface area (Å²) < 4.78 is 0. The second-order valence-electron chi connectivity index (χ2n) is 5.78. The molecule has 2 aliphatic carbocycles. The average molecular weight is 168 g/mol. The van der Waals surface area contributed by atoms with Crippen LogP contribution in [0.3, 0.4) is 0 Å². The lowest BCUT2D eigenvalue weighted by atomic mass is 9.71. The summed E-state index contributed by atoms with van der Waals surface area (Å²) in [6.45, 7) is 6.93. The fraction of sp³-hybridized carbons (Fsp3) is 1.00. The second-order valence-corrected chi connectivity index (χ2v) is 5.78. The number of hydrogen-bond donors (Lipinski definition) is 1. The predicted octanol–water partition coefficient (Wildman–Crippen LogP) is 2.44. The van der Waals surface area contributed by atoms with E-state index in [0.29, 0.717) is 11.3 Å². The minimum absolute atomic E-state index is 0.0213. The Kier molecular flexibility index (Phi) is 1.76. The maximum absolute atomic E-state index is 9.75. The summed E-state index contributed by atoms with van der Waals surface area (Å²) in [6.07, 6.45) is 3.76. The van der Waals surface area contributed by atoms with Crippen molar-refractivity contribution in [3.05, 3.63) is 0 Å². The van der Waals surface area contributed by atoms with Crippen LogP contribution in [0.15, 0.2) is 0 Å². The van der Waals surface area contributed by atoms with Gasteiger partial charge in [0, 0.05) is 0 Å². The van der Waals surface area contributed by atoms with Gasteiger partial charge >= 0.3 is 0 Å². The highest BCUT2D eigenvalue weighted by Crippen LogP contribution is 2.54. The minimum Gasteiger partial charge on any atom is -0.393 e. The molecule has 0 aliphatic heterocycles. The molecule has 2 fully saturated rings. The highest BCUT2D eigenvalue weighted by molar-refractivity contribution is 4.99. The Labute approximate surface area is 75.2 Å². The molecular formula is C11H20O. The van der Waals surface area contributed by atoms with E-state index >= 15 is 0 Å². The van der Waals surface area contributed by atoms with Crippen molar-refractivity contribution in [1.29, 1.82) is 0 Å². The second kappa shape index (κ2) is 2.47. The van der Waals surface area contributed by atoms with Gasteiger partial charge in [-0.25, -0.2) is 0 Å². The molecule has 0 spiro atoms. The van der Waals surface area contributed by atoms with Crippen molar-refractivity contribution in [1.82, 2.24) is 0 Å². The Morgan fingerprint density at radius 2 is 1.75 bits per heavy atom. The Morgan fingerprint density at radius 3 is 2.08 bits per heavy atom. The normalized spacial score (nSPS) is 47.0. The summed E-state index contributed by atoms with van der Waals surface area (Å²) in [7, 11) is 0. The zero-order chi connectivity index (χ0) is 8.93. The first kappa shape index (κ1) is 8.55. The Morgan fingerprint density at radius 1 is 1.08 bits per heavy atom. The van der Waals surface area contributed by atoms with E-state index in [1.54, 1.807) is 0 Å². The minimum atomic E-state index is 0.0213. The third-order valence-electron chi connectivity index (χ3n) is 3.89. The Balaban J connectivity index is 2.12. The van der Waals surface area contributed by atoms with Crippen molar-refractivity contribution in [2.24, 2.45) is 23.2 Å². The van der Waals surface area contributed by atoms with Gasteiger partial charge in [-0.3, -0.25) is 0 Å². The molecule has 12 heavy (non-hydrogen) atoms. The molecule has 0 amide bonds. The molecule has 70 valence electrons. The van der Waals surface area contributed by atoms with Crippen molar-refractivity contribution in [2.45, 2.75) is 46.1 Å². The maximum Gasteiger partial charge on any atom is 0.0574 e. The van der Waals surface area contributed by atoms with Crippen LogP contribution >= 0.6 is 0 Å². The van der Waals surface area contributed by atoms with E-state index < -0.39 is 0 Å². The molecule has 2 aliphatic rings. The summed E-state index contributed by atoms with van der Waals surface area (Å²) >= 11 is 0. The fourth-order valence-corrected chi connectivity index (χ4v) is 3.31. The Bertz CT molecular complexity index is 180. The van der Waals surface area contributed by atoms with Gasteiger partial charge in [0.25, 0.3) is 0 Å². The van der Waals surface area contributed by atoms with Crippen LogP contribution in [0, 0.1) is 23.2 Å². The molecular weight excluding hydrogens is 148 g/mol. The fourth-order valence-electron chi connectivity index (χ4n) is 3.31. The summed E-state index contributed by atoms with van der Waals surface area (Å²) in [6, 6.07) is 0. The lowest BCUT2D eigenvalue weighted by Crippen LogP contribution is -2.32. The molecule has 2 bridgehead atoms. The highest BCUT2D eigenvalue weighted by atomic mass is 16.3. The third kappa shape index (κ3) is 1.19. The predicted molar refractivity (Wildman–Crippen MR) is 49.8 cm³/mol. The first-order valence-corrected chi connectivity index (χ1v) is 5.16. The topological polar surface area (TPSA) is 20.2 Å². The number of aliphatic hydroxyl groups excluding tert-OH is 1. The molecule has 0 heterocycles. The summed E-state index contributed by atoms with van der Waals surface area (Å²) in [4.78, 5) is 0. The van der Waals surface area contributed by atoms with E-state index in [0.717, 1.165) is 18.3 Å². The van der Waals surface area contributed by atoms with Gasteiger partial charge in [0.1, 0.15) is 0 Å². The van der Waals surface area contributed by atoms with Gasteiger partial charge in [-0.15, -0.1) is 0 Å². The van der Waals surface area contributed by atoms with Crippen LogP contribution < -0.4 is 0 Å². The molecule has 1 heteroatoms. The molecule has 0 aromatic carbocycles. The van der Waals surface area contributed by atoms with Crippen molar-refractivity contribution < 1.29 is 5.11 Å². The molecule has 0 unspecified atom stereocenters. The van der Waals surface area contributed by atoms with E-state index in [1.807, 2.05) is 0 Å². The molecule has 2 rings (SSSR count). The van der Waals surface area contributed by atoms with Gasteiger partial charge in [0.15, 0.2) is 0 Å². The first-order valence-electron chi connectivity index (χ1n) is 5.16. The van der Waals surface area contributed by atoms with E-state index in [1.165, 1.54) is 12.8 Å². The zero-order valence-electron chi connectivity index (χ0n) is 8.38. The SMILES string of the molecule is CC(C)(C)[C@@H]1C[C@H]2C[C@@H]1[C@H](O)C2. The molecule has 0 radical (unpaired) electrons. The van der Waals surface area contributed by atoms with E-state index in [4.69, 9.17) is 0 Å². The monoisotopic (exact) mass is 168 g/mol. The Hall–Kier alpha value is -0.0400. The van der Waals surface area contributed by atoms with Crippen molar-refractivity contribution in [3.63, 3.8) is 0 Å². The largest absolute Gasteiger partial charge is 0.393 e. The lowest BCUT2D eigenvalue weighted by Gasteiger charge is -2.36. The van der Waals surface area contributed by atoms with Crippen LogP contribution in [0.4, 0.5) is 0 Å². The van der Waals surface area contributed by atoms with Gasteiger partial charge < -0.3 is 5.11 Å². The van der Waals surface area contributed by atoms with E-state index in [2.05, 4.69) is 20.8 Å². The number of rotatable bonds is 0. The van der Waals surface area contributed by atoms with Crippen LogP contribution in [0.5, 0.6) is 0 Å². The van der Waals surface area contributed by atoms with Crippen molar-refractivity contribution in [2.75, 3.05) is 0 Å². The molecule has 2 saturated carbocycles. The van der Waals surface area contributed by atoms with Crippen LogP contribution in [-0.2, 0) is 0 Å². The molecule has 0 aromatic heterocycles. The summed E-state index contributed by atoms with van der Waals surface area (Å²) in [5.41, 5.74) is 0.404. The van der Waals surface area contributed by atoms with E-state index in [-0.39, 0.29) is 6.10 Å². The lowest BCUT2D eigenvalue weighted by molar-refractivity contribution is 0.0373. The summed E-state index contributed by atoms with van der Waals surface area (Å²) in [5.74, 6) is 2.23. The summed E-state index contributed by atoms with van der Waals surface area (Å²) in [5, 5.41) is 9.75. The first-order chi connectivity index (χ1) is 5.48. The number of hydrogen-bond acceptors (Lipinski definition) is 1. The van der Waals surface area contributed by atoms with E-state index in [9.17, 15) is 5.11 Å². The van der Waals surface area contributed by atoms with Gasteiger partial charge in [0.05, 0.1) is 6.10 Å². The average Bonchev–Trinajstić information content (AvgIpc) is 2.41. The van der Waals surface area contributed by atoms with Crippen molar-refractivity contribution in [3.8, 4) is 0 Å². The molecule has 1 N–H and O–H groups in total. The molecule has 0 saturated heterocycles. The van der Waals surface area contributed by atoms with Crippen LogP contribution in [0.25, 0.3) is 0 Å². The quantitative estimate of drug-likeness (QED) is 0.589. The molecule has 0 aromatic rings. The molecule has 1 nitrogen and oxygen atoms in total. The van der Waals surface area contributed by atoms with Gasteiger partial charge in [0.2, 0.25) is 0 Å². The van der Waals surface area contributed by atoms with Crippen LogP contribution in [-0.4, -0.2) is 11.2 Å². The van der Waals surface area contributed by atoms with Gasteiger partial charge in [-0.2, -0.15) is 0 Å². The van der Waals surface area contributed by atoms with Crippen molar-refractivity contribution >= 4 is 0 Å². The maximum atomic E-state index is 9.75. The van der Waals surface area contributed by atoms with Crippen LogP contribution in [0.1, 0.15) is 40.0 Å². The molecule has 4 atom stereocenters. The smallest absolute Gasteiger partial charge is 0.0574 e. The highest BCUT2D eigenvalue weighted by Gasteiger charge is 2.49.